The van der Waals surface area contributed by atoms with Gasteiger partial charge in [-0.1, -0.05) is 69.4 Å². The Balaban J connectivity index is 1.96. The van der Waals surface area contributed by atoms with Crippen LogP contribution in [0.4, 0.5) is 0 Å². The fraction of sp³-hybridized carbons (Fsp3) is 0.600. The first-order valence-electron chi connectivity index (χ1n) is 6.44. The van der Waals surface area contributed by atoms with Crippen LogP contribution in [0.2, 0.25) is 0 Å². The summed E-state index contributed by atoms with van der Waals surface area (Å²) in [6, 6.07) is 11.0. The molecule has 2 rings (SSSR count). The van der Waals surface area contributed by atoms with Gasteiger partial charge >= 0.3 is 0 Å². The number of hydrogen-bond acceptors (Lipinski definition) is 0. The van der Waals surface area contributed by atoms with Gasteiger partial charge in [0.05, 0.1) is 0 Å². The van der Waals surface area contributed by atoms with E-state index in [9.17, 15) is 0 Å². The van der Waals surface area contributed by atoms with E-state index in [0.29, 0.717) is 0 Å². The molecule has 1 aliphatic rings. The van der Waals surface area contributed by atoms with Gasteiger partial charge in [0, 0.05) is 0 Å². The van der Waals surface area contributed by atoms with E-state index in [-0.39, 0.29) is 0 Å². The van der Waals surface area contributed by atoms with Crippen molar-refractivity contribution in [2.75, 3.05) is 0 Å². The van der Waals surface area contributed by atoms with Gasteiger partial charge in [0.15, 0.2) is 0 Å². The zero-order valence-electron chi connectivity index (χ0n) is 9.78. The van der Waals surface area contributed by atoms with Crippen LogP contribution in [0.5, 0.6) is 0 Å². The SMILES string of the molecule is CCC(Cc1ccccc1)C1CCCC1. The van der Waals surface area contributed by atoms with Crippen LogP contribution >= 0.6 is 0 Å². The zero-order valence-corrected chi connectivity index (χ0v) is 9.78. The van der Waals surface area contributed by atoms with E-state index in [1.165, 1.54) is 44.1 Å². The second-order valence-electron chi connectivity index (χ2n) is 4.90. The number of rotatable bonds is 4. The van der Waals surface area contributed by atoms with Gasteiger partial charge in [-0.05, 0) is 23.8 Å². The Morgan fingerprint density at radius 2 is 1.80 bits per heavy atom. The van der Waals surface area contributed by atoms with E-state index < -0.39 is 0 Å². The van der Waals surface area contributed by atoms with Gasteiger partial charge in [0.25, 0.3) is 0 Å². The van der Waals surface area contributed by atoms with Crippen molar-refractivity contribution in [3.63, 3.8) is 0 Å². The highest BCUT2D eigenvalue weighted by molar-refractivity contribution is 5.15. The maximum atomic E-state index is 2.35. The zero-order chi connectivity index (χ0) is 10.5. The Kier molecular flexibility index (Phi) is 3.82. The summed E-state index contributed by atoms with van der Waals surface area (Å²) < 4.78 is 0. The molecule has 0 heterocycles. The van der Waals surface area contributed by atoms with E-state index in [0.717, 1.165) is 11.8 Å². The third-order valence-corrected chi connectivity index (χ3v) is 3.93. The molecule has 1 saturated carbocycles. The fourth-order valence-corrected chi connectivity index (χ4v) is 2.99. The average molecular weight is 202 g/mol. The Morgan fingerprint density at radius 3 is 2.40 bits per heavy atom. The molecule has 1 atom stereocenters. The lowest BCUT2D eigenvalue weighted by atomic mass is 9.84. The highest BCUT2D eigenvalue weighted by atomic mass is 14.3. The molecule has 15 heavy (non-hydrogen) atoms. The molecule has 82 valence electrons. The van der Waals surface area contributed by atoms with Crippen molar-refractivity contribution in [3.8, 4) is 0 Å². The molecule has 0 N–H and O–H groups in total. The third kappa shape index (κ3) is 2.84. The summed E-state index contributed by atoms with van der Waals surface area (Å²) in [7, 11) is 0. The van der Waals surface area contributed by atoms with Crippen LogP contribution in [-0.4, -0.2) is 0 Å². The van der Waals surface area contributed by atoms with Gasteiger partial charge < -0.3 is 0 Å². The van der Waals surface area contributed by atoms with Crippen molar-refractivity contribution in [2.24, 2.45) is 11.8 Å². The van der Waals surface area contributed by atoms with Crippen molar-refractivity contribution in [3.05, 3.63) is 35.9 Å². The summed E-state index contributed by atoms with van der Waals surface area (Å²) in [5.41, 5.74) is 1.52. The van der Waals surface area contributed by atoms with E-state index in [1.54, 1.807) is 0 Å². The van der Waals surface area contributed by atoms with Gasteiger partial charge in [-0.3, -0.25) is 0 Å². The second-order valence-corrected chi connectivity index (χ2v) is 4.90. The molecule has 1 aromatic carbocycles. The van der Waals surface area contributed by atoms with Crippen LogP contribution in [-0.2, 0) is 6.42 Å². The Bertz CT molecular complexity index is 269. The monoisotopic (exact) mass is 202 g/mol. The number of benzene rings is 1. The predicted octanol–water partition coefficient (Wildman–Crippen LogP) is 4.45. The first-order valence-corrected chi connectivity index (χ1v) is 6.44. The molecular formula is C15H22. The molecule has 0 saturated heterocycles. The Hall–Kier alpha value is -0.780. The van der Waals surface area contributed by atoms with Crippen molar-refractivity contribution < 1.29 is 0 Å². The molecule has 0 nitrogen and oxygen atoms in total. The molecule has 0 heteroatoms. The standard InChI is InChI=1S/C15H22/c1-2-14(15-10-6-7-11-15)12-13-8-4-3-5-9-13/h3-5,8-9,14-15H,2,6-7,10-12H2,1H3. The maximum Gasteiger partial charge on any atom is -0.0248 e. The molecule has 0 amide bonds. The summed E-state index contributed by atoms with van der Waals surface area (Å²) in [4.78, 5) is 0. The highest BCUT2D eigenvalue weighted by Gasteiger charge is 2.23. The largest absolute Gasteiger partial charge is 0.0651 e. The van der Waals surface area contributed by atoms with Crippen molar-refractivity contribution >= 4 is 0 Å². The lowest BCUT2D eigenvalue weighted by Crippen LogP contribution is -2.13. The van der Waals surface area contributed by atoms with Crippen LogP contribution in [0, 0.1) is 11.8 Å². The topological polar surface area (TPSA) is 0 Å². The molecule has 1 aromatic rings. The average Bonchev–Trinajstić information content (AvgIpc) is 2.81. The van der Waals surface area contributed by atoms with Crippen LogP contribution in [0.25, 0.3) is 0 Å². The lowest BCUT2D eigenvalue weighted by Gasteiger charge is -2.21. The summed E-state index contributed by atoms with van der Waals surface area (Å²) in [6.07, 6.45) is 8.53. The van der Waals surface area contributed by atoms with Gasteiger partial charge in [0.1, 0.15) is 0 Å². The molecule has 0 bridgehead atoms. The molecule has 0 aliphatic heterocycles. The summed E-state index contributed by atoms with van der Waals surface area (Å²) in [5.74, 6) is 1.94. The Morgan fingerprint density at radius 1 is 1.13 bits per heavy atom. The normalized spacial score (nSPS) is 19.3. The van der Waals surface area contributed by atoms with Crippen molar-refractivity contribution in [1.29, 1.82) is 0 Å². The van der Waals surface area contributed by atoms with Crippen LogP contribution in [0.1, 0.15) is 44.6 Å². The van der Waals surface area contributed by atoms with Crippen molar-refractivity contribution in [1.82, 2.24) is 0 Å². The maximum absolute atomic E-state index is 2.35. The Labute approximate surface area is 93.7 Å². The third-order valence-electron chi connectivity index (χ3n) is 3.93. The minimum absolute atomic E-state index is 0.926. The second kappa shape index (κ2) is 5.34. The van der Waals surface area contributed by atoms with Crippen LogP contribution < -0.4 is 0 Å². The number of hydrogen-bond donors (Lipinski definition) is 0. The molecule has 1 fully saturated rings. The lowest BCUT2D eigenvalue weighted by molar-refractivity contribution is 0.327. The smallest absolute Gasteiger partial charge is 0.0248 e. The van der Waals surface area contributed by atoms with Gasteiger partial charge in [0.2, 0.25) is 0 Å². The molecule has 0 radical (unpaired) electrons. The molecule has 1 aliphatic carbocycles. The minimum Gasteiger partial charge on any atom is -0.0651 e. The van der Waals surface area contributed by atoms with Crippen LogP contribution in [0.3, 0.4) is 0 Å². The van der Waals surface area contributed by atoms with Gasteiger partial charge in [-0.15, -0.1) is 0 Å². The van der Waals surface area contributed by atoms with Crippen LogP contribution in [0.15, 0.2) is 30.3 Å². The van der Waals surface area contributed by atoms with E-state index in [1.807, 2.05) is 0 Å². The summed E-state index contributed by atoms with van der Waals surface area (Å²) in [5, 5.41) is 0. The van der Waals surface area contributed by atoms with E-state index >= 15 is 0 Å². The molecule has 1 unspecified atom stereocenters. The first-order chi connectivity index (χ1) is 7.40. The van der Waals surface area contributed by atoms with E-state index in [2.05, 4.69) is 37.3 Å². The van der Waals surface area contributed by atoms with E-state index in [4.69, 9.17) is 0 Å². The molecular weight excluding hydrogens is 180 g/mol. The minimum atomic E-state index is 0.926. The first kappa shape index (κ1) is 10.7. The summed E-state index contributed by atoms with van der Waals surface area (Å²) >= 11 is 0. The molecule has 0 spiro atoms. The van der Waals surface area contributed by atoms with Gasteiger partial charge in [-0.2, -0.15) is 0 Å². The quantitative estimate of drug-likeness (QED) is 0.677. The molecule has 0 aromatic heterocycles. The van der Waals surface area contributed by atoms with Crippen molar-refractivity contribution in [2.45, 2.75) is 45.4 Å². The van der Waals surface area contributed by atoms with Gasteiger partial charge in [-0.25, -0.2) is 0 Å². The predicted molar refractivity (Wildman–Crippen MR) is 65.9 cm³/mol. The summed E-state index contributed by atoms with van der Waals surface area (Å²) in [6.45, 7) is 2.35. The highest BCUT2D eigenvalue weighted by Crippen LogP contribution is 2.34. The fourth-order valence-electron chi connectivity index (χ4n) is 2.99.